The van der Waals surface area contributed by atoms with E-state index in [4.69, 9.17) is 5.11 Å². The lowest BCUT2D eigenvalue weighted by molar-refractivity contribution is 0.0431. The van der Waals surface area contributed by atoms with Crippen LogP contribution in [-0.4, -0.2) is 36.4 Å². The Hall–Kier alpha value is -0.120. The first-order valence-electron chi connectivity index (χ1n) is 6.11. The van der Waals surface area contributed by atoms with Crippen molar-refractivity contribution in [1.82, 2.24) is 10.6 Å². The van der Waals surface area contributed by atoms with E-state index in [2.05, 4.69) is 31.4 Å². The summed E-state index contributed by atoms with van der Waals surface area (Å²) in [6, 6.07) is 0. The van der Waals surface area contributed by atoms with Gasteiger partial charge in [0, 0.05) is 5.54 Å². The van der Waals surface area contributed by atoms with Crippen molar-refractivity contribution in [2.24, 2.45) is 5.92 Å². The molecule has 0 radical (unpaired) electrons. The maximum absolute atomic E-state index is 9.11. The van der Waals surface area contributed by atoms with Crippen LogP contribution in [0, 0.1) is 5.92 Å². The van der Waals surface area contributed by atoms with Crippen molar-refractivity contribution < 1.29 is 5.11 Å². The molecule has 0 heterocycles. The van der Waals surface area contributed by atoms with E-state index in [9.17, 15) is 0 Å². The van der Waals surface area contributed by atoms with Crippen LogP contribution in [0.25, 0.3) is 0 Å². The largest absolute Gasteiger partial charge is 0.393 e. The quantitative estimate of drug-likeness (QED) is 0.581. The van der Waals surface area contributed by atoms with Crippen LogP contribution in [0.1, 0.15) is 40.0 Å². The third kappa shape index (κ3) is 6.13. The number of nitrogens with one attached hydrogen (secondary N) is 2. The molecule has 1 rings (SSSR count). The molecule has 0 spiro atoms. The van der Waals surface area contributed by atoms with Crippen molar-refractivity contribution in [2.75, 3.05) is 19.6 Å². The van der Waals surface area contributed by atoms with E-state index in [1.54, 1.807) is 0 Å². The number of aliphatic hydroxyl groups is 1. The molecule has 0 amide bonds. The van der Waals surface area contributed by atoms with E-state index in [1.807, 2.05) is 0 Å². The molecule has 0 aromatic rings. The zero-order chi connectivity index (χ0) is 11.3. The highest BCUT2D eigenvalue weighted by Gasteiger charge is 2.26. The van der Waals surface area contributed by atoms with E-state index in [-0.39, 0.29) is 11.6 Å². The van der Waals surface area contributed by atoms with Crippen molar-refractivity contribution in [2.45, 2.75) is 51.7 Å². The third-order valence-electron chi connectivity index (χ3n) is 2.83. The number of hydrogen-bond donors (Lipinski definition) is 3. The molecule has 90 valence electrons. The highest BCUT2D eigenvalue weighted by molar-refractivity contribution is 4.80. The van der Waals surface area contributed by atoms with Gasteiger partial charge in [-0.2, -0.15) is 0 Å². The molecule has 0 atom stereocenters. The Bertz CT molecular complexity index is 171. The maximum atomic E-state index is 9.11. The molecule has 0 unspecified atom stereocenters. The summed E-state index contributed by atoms with van der Waals surface area (Å²) >= 11 is 0. The minimum absolute atomic E-state index is 0.0145. The van der Waals surface area contributed by atoms with Crippen molar-refractivity contribution in [3.8, 4) is 0 Å². The molecule has 1 fully saturated rings. The first-order chi connectivity index (χ1) is 6.97. The second-order valence-electron chi connectivity index (χ2n) is 5.73. The minimum Gasteiger partial charge on any atom is -0.393 e. The first kappa shape index (κ1) is 12.9. The van der Waals surface area contributed by atoms with Crippen LogP contribution in [0.15, 0.2) is 0 Å². The van der Waals surface area contributed by atoms with Crippen LogP contribution >= 0.6 is 0 Å². The van der Waals surface area contributed by atoms with E-state index >= 15 is 0 Å². The summed E-state index contributed by atoms with van der Waals surface area (Å²) < 4.78 is 0. The van der Waals surface area contributed by atoms with Gasteiger partial charge in [0.2, 0.25) is 0 Å². The lowest BCUT2D eigenvalue weighted by Crippen LogP contribution is -2.39. The van der Waals surface area contributed by atoms with Crippen LogP contribution < -0.4 is 10.6 Å². The highest BCUT2D eigenvalue weighted by Crippen LogP contribution is 2.25. The van der Waals surface area contributed by atoms with Gasteiger partial charge in [-0.3, -0.25) is 0 Å². The van der Waals surface area contributed by atoms with Gasteiger partial charge in [-0.1, -0.05) is 0 Å². The number of aliphatic hydroxyl groups excluding tert-OH is 1. The molecule has 0 aromatic heterocycles. The molecule has 3 nitrogen and oxygen atoms in total. The molecule has 0 aromatic carbocycles. The zero-order valence-electron chi connectivity index (χ0n) is 10.3. The maximum Gasteiger partial charge on any atom is 0.0546 e. The Labute approximate surface area is 93.6 Å². The molecule has 3 heteroatoms. The van der Waals surface area contributed by atoms with Crippen molar-refractivity contribution in [3.63, 3.8) is 0 Å². The van der Waals surface area contributed by atoms with Crippen LogP contribution in [0.5, 0.6) is 0 Å². The van der Waals surface area contributed by atoms with Gasteiger partial charge < -0.3 is 15.7 Å². The Kier molecular flexibility index (Phi) is 5.03. The summed E-state index contributed by atoms with van der Waals surface area (Å²) in [6.45, 7) is 9.80. The molecule has 1 aliphatic rings. The van der Waals surface area contributed by atoms with Crippen molar-refractivity contribution in [3.05, 3.63) is 0 Å². The first-order valence-corrected chi connectivity index (χ1v) is 6.11. The molecule has 1 saturated carbocycles. The van der Waals surface area contributed by atoms with Gasteiger partial charge in [0.15, 0.2) is 0 Å². The van der Waals surface area contributed by atoms with Crippen molar-refractivity contribution in [1.29, 1.82) is 0 Å². The normalized spacial score (nSPS) is 26.4. The second kappa shape index (κ2) is 5.83. The summed E-state index contributed by atoms with van der Waals surface area (Å²) in [5, 5.41) is 16.0. The number of hydrogen-bond acceptors (Lipinski definition) is 3. The van der Waals surface area contributed by atoms with Crippen LogP contribution in [0.3, 0.4) is 0 Å². The van der Waals surface area contributed by atoms with E-state index < -0.39 is 0 Å². The molecule has 0 aliphatic heterocycles. The Balaban J connectivity index is 1.81. The zero-order valence-corrected chi connectivity index (χ0v) is 10.3. The SMILES string of the molecule is CC(C)(C)NCCCNCC1CC(O)C1. The standard InChI is InChI=1S/C12H26N2O/c1-12(2,3)14-6-4-5-13-9-10-7-11(15)8-10/h10-11,13-15H,4-9H2,1-3H3. The van der Waals surface area contributed by atoms with Crippen LogP contribution in [-0.2, 0) is 0 Å². The topological polar surface area (TPSA) is 44.3 Å². The van der Waals surface area contributed by atoms with Gasteiger partial charge >= 0.3 is 0 Å². The summed E-state index contributed by atoms with van der Waals surface area (Å²) in [5.41, 5.74) is 0.234. The monoisotopic (exact) mass is 214 g/mol. The fraction of sp³-hybridized carbons (Fsp3) is 1.00. The Morgan fingerprint density at radius 2 is 1.87 bits per heavy atom. The predicted octanol–water partition coefficient (Wildman–Crippen LogP) is 1.13. The lowest BCUT2D eigenvalue weighted by atomic mass is 9.82. The molecule has 3 N–H and O–H groups in total. The average molecular weight is 214 g/mol. The molecule has 15 heavy (non-hydrogen) atoms. The summed E-state index contributed by atoms with van der Waals surface area (Å²) in [4.78, 5) is 0. The molecule has 0 saturated heterocycles. The molecule has 1 aliphatic carbocycles. The Morgan fingerprint density at radius 3 is 2.40 bits per heavy atom. The molecular formula is C12H26N2O. The number of rotatable bonds is 6. The highest BCUT2D eigenvalue weighted by atomic mass is 16.3. The van der Waals surface area contributed by atoms with Crippen LogP contribution in [0.4, 0.5) is 0 Å². The summed E-state index contributed by atoms with van der Waals surface area (Å²) in [7, 11) is 0. The van der Waals surface area contributed by atoms with Gasteiger partial charge in [-0.05, 0) is 65.6 Å². The van der Waals surface area contributed by atoms with Gasteiger partial charge in [-0.15, -0.1) is 0 Å². The van der Waals surface area contributed by atoms with E-state index in [0.717, 1.165) is 38.4 Å². The second-order valence-corrected chi connectivity index (χ2v) is 5.73. The average Bonchev–Trinajstić information content (AvgIpc) is 2.05. The third-order valence-corrected chi connectivity index (χ3v) is 2.83. The fourth-order valence-corrected chi connectivity index (χ4v) is 1.85. The van der Waals surface area contributed by atoms with E-state index in [0.29, 0.717) is 0 Å². The van der Waals surface area contributed by atoms with Gasteiger partial charge in [0.25, 0.3) is 0 Å². The predicted molar refractivity (Wildman–Crippen MR) is 64.0 cm³/mol. The van der Waals surface area contributed by atoms with Gasteiger partial charge in [0.1, 0.15) is 0 Å². The molecular weight excluding hydrogens is 188 g/mol. The van der Waals surface area contributed by atoms with E-state index in [1.165, 1.54) is 6.42 Å². The van der Waals surface area contributed by atoms with Crippen molar-refractivity contribution >= 4 is 0 Å². The Morgan fingerprint density at radius 1 is 1.20 bits per heavy atom. The molecule has 0 bridgehead atoms. The fourth-order valence-electron chi connectivity index (χ4n) is 1.85. The summed E-state index contributed by atoms with van der Waals surface area (Å²) in [6.07, 6.45) is 3.15. The minimum atomic E-state index is -0.0145. The van der Waals surface area contributed by atoms with Gasteiger partial charge in [-0.25, -0.2) is 0 Å². The van der Waals surface area contributed by atoms with Gasteiger partial charge in [0.05, 0.1) is 6.10 Å². The lowest BCUT2D eigenvalue weighted by Gasteiger charge is -2.31. The smallest absolute Gasteiger partial charge is 0.0546 e. The summed E-state index contributed by atoms with van der Waals surface area (Å²) in [5.74, 6) is 0.718. The van der Waals surface area contributed by atoms with Crippen LogP contribution in [0.2, 0.25) is 0 Å².